The molecular formula is C24H14Br2. The minimum Gasteiger partial charge on any atom is -0.0616 e. The fourth-order valence-electron chi connectivity index (χ4n) is 3.71. The second-order valence-electron chi connectivity index (χ2n) is 6.54. The number of benzene rings is 4. The van der Waals surface area contributed by atoms with E-state index < -0.39 is 0 Å². The summed E-state index contributed by atoms with van der Waals surface area (Å²) in [5.74, 6) is 0. The molecule has 0 fully saturated rings. The van der Waals surface area contributed by atoms with Crippen LogP contribution in [0, 0.1) is 0 Å². The van der Waals surface area contributed by atoms with Crippen LogP contribution < -0.4 is 0 Å². The maximum atomic E-state index is 3.63. The Morgan fingerprint density at radius 2 is 1.15 bits per heavy atom. The molecule has 124 valence electrons. The molecule has 0 saturated carbocycles. The molecule has 0 saturated heterocycles. The van der Waals surface area contributed by atoms with Crippen molar-refractivity contribution in [1.29, 1.82) is 0 Å². The van der Waals surface area contributed by atoms with Crippen molar-refractivity contribution in [1.82, 2.24) is 0 Å². The van der Waals surface area contributed by atoms with Gasteiger partial charge >= 0.3 is 0 Å². The smallest absolute Gasteiger partial charge is 0.0181 e. The molecule has 0 unspecified atom stereocenters. The number of rotatable bonds is 1. The van der Waals surface area contributed by atoms with E-state index in [-0.39, 0.29) is 0 Å². The van der Waals surface area contributed by atoms with Crippen molar-refractivity contribution in [3.8, 4) is 11.1 Å². The summed E-state index contributed by atoms with van der Waals surface area (Å²) in [6.45, 7) is 0. The summed E-state index contributed by atoms with van der Waals surface area (Å²) in [6, 6.07) is 28.2. The fourth-order valence-corrected chi connectivity index (χ4v) is 4.44. The van der Waals surface area contributed by atoms with Crippen molar-refractivity contribution in [2.75, 3.05) is 0 Å². The second kappa shape index (κ2) is 6.22. The molecule has 4 aromatic rings. The van der Waals surface area contributed by atoms with Crippen LogP contribution in [0.3, 0.4) is 0 Å². The minimum atomic E-state index is 1.10. The largest absolute Gasteiger partial charge is 0.0616 e. The summed E-state index contributed by atoms with van der Waals surface area (Å²) >= 11 is 7.27. The van der Waals surface area contributed by atoms with Gasteiger partial charge in [-0.1, -0.05) is 80.4 Å². The van der Waals surface area contributed by atoms with Gasteiger partial charge in [0.05, 0.1) is 0 Å². The third-order valence-electron chi connectivity index (χ3n) is 4.92. The quantitative estimate of drug-likeness (QED) is 0.237. The zero-order chi connectivity index (χ0) is 17.7. The summed E-state index contributed by atoms with van der Waals surface area (Å²) in [4.78, 5) is 0. The Hall–Kier alpha value is -2.16. The van der Waals surface area contributed by atoms with Gasteiger partial charge in [0.15, 0.2) is 0 Å². The molecule has 0 nitrogen and oxygen atoms in total. The predicted molar refractivity (Wildman–Crippen MR) is 118 cm³/mol. The van der Waals surface area contributed by atoms with Crippen LogP contribution in [0.5, 0.6) is 0 Å². The highest BCUT2D eigenvalue weighted by Crippen LogP contribution is 2.46. The number of halogens is 2. The van der Waals surface area contributed by atoms with Crippen molar-refractivity contribution in [3.63, 3.8) is 0 Å². The number of fused-ring (bicyclic) bond motifs is 4. The van der Waals surface area contributed by atoms with E-state index in [2.05, 4.69) is 117 Å². The number of hydrogen-bond acceptors (Lipinski definition) is 0. The summed E-state index contributed by atoms with van der Waals surface area (Å²) in [5, 5.41) is 2.54. The molecule has 0 bridgehead atoms. The highest BCUT2D eigenvalue weighted by atomic mass is 79.9. The van der Waals surface area contributed by atoms with Gasteiger partial charge in [-0.25, -0.2) is 0 Å². The molecule has 0 heterocycles. The lowest BCUT2D eigenvalue weighted by Gasteiger charge is -2.06. The van der Waals surface area contributed by atoms with Crippen molar-refractivity contribution in [2.45, 2.75) is 0 Å². The number of hydrogen-bond donors (Lipinski definition) is 0. The van der Waals surface area contributed by atoms with E-state index >= 15 is 0 Å². The first-order valence-corrected chi connectivity index (χ1v) is 10.1. The predicted octanol–water partition coefficient (Wildman–Crippen LogP) is 7.93. The second-order valence-corrected chi connectivity index (χ2v) is 8.38. The van der Waals surface area contributed by atoms with Gasteiger partial charge in [0, 0.05) is 8.95 Å². The molecule has 2 heteroatoms. The first-order valence-electron chi connectivity index (χ1n) is 8.50. The van der Waals surface area contributed by atoms with E-state index in [1.165, 1.54) is 44.2 Å². The molecule has 0 aliphatic heterocycles. The SMILES string of the molecule is Brc1ccc2c(c1)C(=Cc1ccc3ccccc3c1)c1cc(Br)ccc1-2. The van der Waals surface area contributed by atoms with Gasteiger partial charge < -0.3 is 0 Å². The summed E-state index contributed by atoms with van der Waals surface area (Å²) in [6.07, 6.45) is 2.30. The van der Waals surface area contributed by atoms with Crippen molar-refractivity contribution >= 4 is 54.3 Å². The van der Waals surface area contributed by atoms with Gasteiger partial charge in [-0.15, -0.1) is 0 Å². The average Bonchev–Trinajstić information content (AvgIpc) is 2.94. The first kappa shape index (κ1) is 16.0. The van der Waals surface area contributed by atoms with E-state index in [0.717, 1.165) is 8.95 Å². The van der Waals surface area contributed by atoms with E-state index in [9.17, 15) is 0 Å². The van der Waals surface area contributed by atoms with E-state index in [1.54, 1.807) is 0 Å². The fraction of sp³-hybridized carbons (Fsp3) is 0. The molecule has 4 aromatic carbocycles. The Morgan fingerprint density at radius 1 is 0.538 bits per heavy atom. The summed E-state index contributed by atoms with van der Waals surface area (Å²) in [7, 11) is 0. The van der Waals surface area contributed by atoms with Gasteiger partial charge in [-0.3, -0.25) is 0 Å². The van der Waals surface area contributed by atoms with Crippen LogP contribution in [0.1, 0.15) is 16.7 Å². The Bertz CT molecular complexity index is 1150. The van der Waals surface area contributed by atoms with Gasteiger partial charge in [-0.05, 0) is 80.6 Å². The van der Waals surface area contributed by atoms with E-state index in [4.69, 9.17) is 0 Å². The molecule has 0 radical (unpaired) electrons. The van der Waals surface area contributed by atoms with Crippen LogP contribution in [0.15, 0.2) is 87.8 Å². The molecule has 0 spiro atoms. The highest BCUT2D eigenvalue weighted by Gasteiger charge is 2.23. The van der Waals surface area contributed by atoms with Gasteiger partial charge in [-0.2, -0.15) is 0 Å². The molecule has 0 atom stereocenters. The van der Waals surface area contributed by atoms with E-state index in [1.807, 2.05) is 0 Å². The third kappa shape index (κ3) is 2.65. The van der Waals surface area contributed by atoms with Crippen molar-refractivity contribution in [3.05, 3.63) is 104 Å². The molecule has 5 rings (SSSR count). The van der Waals surface area contributed by atoms with Gasteiger partial charge in [0.1, 0.15) is 0 Å². The van der Waals surface area contributed by atoms with Gasteiger partial charge in [0.2, 0.25) is 0 Å². The summed E-state index contributed by atoms with van der Waals surface area (Å²) in [5.41, 5.74) is 7.64. The monoisotopic (exact) mass is 460 g/mol. The maximum absolute atomic E-state index is 3.63. The van der Waals surface area contributed by atoms with Crippen LogP contribution in [0.4, 0.5) is 0 Å². The van der Waals surface area contributed by atoms with Crippen LogP contribution in [-0.4, -0.2) is 0 Å². The normalized spacial score (nSPS) is 12.2. The zero-order valence-corrected chi connectivity index (χ0v) is 17.0. The molecule has 1 aliphatic carbocycles. The Morgan fingerprint density at radius 3 is 1.81 bits per heavy atom. The maximum Gasteiger partial charge on any atom is 0.0181 e. The Balaban J connectivity index is 1.75. The molecule has 0 aromatic heterocycles. The lowest BCUT2D eigenvalue weighted by molar-refractivity contribution is 1.60. The van der Waals surface area contributed by atoms with E-state index in [0.29, 0.717) is 0 Å². The van der Waals surface area contributed by atoms with Crippen molar-refractivity contribution in [2.24, 2.45) is 0 Å². The van der Waals surface area contributed by atoms with Gasteiger partial charge in [0.25, 0.3) is 0 Å². The highest BCUT2D eigenvalue weighted by molar-refractivity contribution is 9.10. The lowest BCUT2D eigenvalue weighted by atomic mass is 9.99. The van der Waals surface area contributed by atoms with Crippen LogP contribution in [0.2, 0.25) is 0 Å². The van der Waals surface area contributed by atoms with Crippen LogP contribution >= 0.6 is 31.9 Å². The summed E-state index contributed by atoms with van der Waals surface area (Å²) < 4.78 is 2.21. The van der Waals surface area contributed by atoms with Crippen molar-refractivity contribution < 1.29 is 0 Å². The zero-order valence-electron chi connectivity index (χ0n) is 13.8. The Kier molecular flexibility index (Phi) is 3.84. The molecule has 1 aliphatic rings. The first-order chi connectivity index (χ1) is 12.7. The van der Waals surface area contributed by atoms with Crippen LogP contribution in [0.25, 0.3) is 33.5 Å². The molecule has 26 heavy (non-hydrogen) atoms. The average molecular weight is 462 g/mol. The third-order valence-corrected chi connectivity index (χ3v) is 5.90. The minimum absolute atomic E-state index is 1.10. The molecular weight excluding hydrogens is 448 g/mol. The lowest BCUT2D eigenvalue weighted by Crippen LogP contribution is -1.83. The Labute approximate surface area is 169 Å². The molecule has 0 amide bonds. The molecule has 0 N–H and O–H groups in total. The standard InChI is InChI=1S/C24H14Br2/c25-18-7-9-20-21-10-8-19(26)14-24(21)22(23(20)13-18)12-15-5-6-16-3-1-2-4-17(16)11-15/h1-14H. The topological polar surface area (TPSA) is 0 Å². The van der Waals surface area contributed by atoms with Crippen LogP contribution in [-0.2, 0) is 0 Å².